The molecule has 0 radical (unpaired) electrons. The monoisotopic (exact) mass is 440 g/mol. The summed E-state index contributed by atoms with van der Waals surface area (Å²) in [6, 6.07) is 17.0. The predicted molar refractivity (Wildman–Crippen MR) is 134 cm³/mol. The first-order chi connectivity index (χ1) is 16.3. The molecule has 0 bridgehead atoms. The summed E-state index contributed by atoms with van der Waals surface area (Å²) in [4.78, 5) is 20.6. The number of aromatic amines is 1. The summed E-state index contributed by atoms with van der Waals surface area (Å²) in [6.07, 6.45) is 1.94. The number of hydrogen-bond acceptors (Lipinski definition) is 6. The number of rotatable bonds is 4. The van der Waals surface area contributed by atoms with Crippen LogP contribution in [-0.4, -0.2) is 72.3 Å². The van der Waals surface area contributed by atoms with E-state index in [9.17, 15) is 0 Å². The van der Waals surface area contributed by atoms with Gasteiger partial charge in [-0.15, -0.1) is 0 Å². The van der Waals surface area contributed by atoms with Gasteiger partial charge in [0.15, 0.2) is 0 Å². The smallest absolute Gasteiger partial charge is 0.142 e. The van der Waals surface area contributed by atoms with Gasteiger partial charge in [0.05, 0.1) is 35.3 Å². The van der Waals surface area contributed by atoms with E-state index in [0.717, 1.165) is 91.6 Å². The van der Waals surface area contributed by atoms with Crippen LogP contribution in [-0.2, 0) is 4.74 Å². The van der Waals surface area contributed by atoms with Gasteiger partial charge in [-0.25, -0.2) is 9.97 Å². The summed E-state index contributed by atoms with van der Waals surface area (Å²) in [5, 5.41) is 1.12. The molecule has 0 amide bonds. The molecular formula is C26H28N6O. The van der Waals surface area contributed by atoms with E-state index in [1.54, 1.807) is 0 Å². The Morgan fingerprint density at radius 2 is 1.67 bits per heavy atom. The normalized spacial score (nSPS) is 17.2. The van der Waals surface area contributed by atoms with Crippen LogP contribution < -0.4 is 9.80 Å². The Morgan fingerprint density at radius 3 is 2.48 bits per heavy atom. The zero-order chi connectivity index (χ0) is 22.2. The van der Waals surface area contributed by atoms with Crippen LogP contribution >= 0.6 is 0 Å². The first-order valence-electron chi connectivity index (χ1n) is 11.6. The highest BCUT2D eigenvalue weighted by molar-refractivity contribution is 5.91. The molecule has 2 saturated heterocycles. The number of H-pyrrole nitrogens is 1. The van der Waals surface area contributed by atoms with Crippen molar-refractivity contribution in [1.82, 2.24) is 19.9 Å². The second kappa shape index (κ2) is 8.41. The van der Waals surface area contributed by atoms with Gasteiger partial charge in [-0.05, 0) is 36.5 Å². The Bertz CT molecular complexity index is 1300. The Labute approximate surface area is 193 Å². The molecule has 7 nitrogen and oxygen atoms in total. The molecule has 0 unspecified atom stereocenters. The number of morpholine rings is 1. The highest BCUT2D eigenvalue weighted by atomic mass is 16.5. The molecule has 7 heteroatoms. The Hall–Kier alpha value is -3.58. The van der Waals surface area contributed by atoms with Gasteiger partial charge in [0, 0.05) is 50.3 Å². The van der Waals surface area contributed by atoms with Crippen molar-refractivity contribution in [3.8, 4) is 11.4 Å². The third-order valence-electron chi connectivity index (χ3n) is 6.67. The number of nitrogens with zero attached hydrogens (tertiary/aromatic N) is 5. The van der Waals surface area contributed by atoms with Crippen LogP contribution in [0.4, 0.5) is 11.5 Å². The van der Waals surface area contributed by atoms with E-state index in [4.69, 9.17) is 14.7 Å². The van der Waals surface area contributed by atoms with Gasteiger partial charge < -0.3 is 24.4 Å². The van der Waals surface area contributed by atoms with E-state index >= 15 is 0 Å². The van der Waals surface area contributed by atoms with Crippen LogP contribution in [0.3, 0.4) is 0 Å². The molecule has 0 saturated carbocycles. The Kier molecular flexibility index (Phi) is 5.11. The Morgan fingerprint density at radius 1 is 0.848 bits per heavy atom. The maximum atomic E-state index is 5.58. The van der Waals surface area contributed by atoms with Gasteiger partial charge in [-0.2, -0.15) is 0 Å². The van der Waals surface area contributed by atoms with Gasteiger partial charge in [0.2, 0.25) is 0 Å². The van der Waals surface area contributed by atoms with Crippen LogP contribution in [0.25, 0.3) is 33.3 Å². The lowest BCUT2D eigenvalue weighted by Gasteiger charge is -2.35. The quantitative estimate of drug-likeness (QED) is 0.520. The van der Waals surface area contributed by atoms with Gasteiger partial charge in [-0.1, -0.05) is 24.8 Å². The molecule has 2 aromatic heterocycles. The predicted octanol–water partition coefficient (Wildman–Crippen LogP) is 3.88. The molecule has 33 heavy (non-hydrogen) atoms. The molecule has 0 spiro atoms. The summed E-state index contributed by atoms with van der Waals surface area (Å²) >= 11 is 0. The average Bonchev–Trinajstić information content (AvgIpc) is 3.32. The number of benzene rings is 2. The molecule has 4 heterocycles. The average molecular weight is 441 g/mol. The number of fused-ring (bicyclic) bond motifs is 2. The van der Waals surface area contributed by atoms with E-state index in [-0.39, 0.29) is 0 Å². The van der Waals surface area contributed by atoms with Crippen molar-refractivity contribution in [1.29, 1.82) is 0 Å². The molecule has 1 N–H and O–H groups in total. The number of para-hydroxylation sites is 1. The van der Waals surface area contributed by atoms with E-state index in [1.807, 2.05) is 12.3 Å². The standard InChI is InChI=1S/C26H28N6O/c1-2-30-9-11-31(12-10-30)20-7-8-23-24(18-20)28-25(27-23)21-17-19-5-3-4-6-22(19)29-26(21)32-13-15-33-16-14-32/h2-8,17-18H,1,9-16H2,(H,27,28). The summed E-state index contributed by atoms with van der Waals surface area (Å²) in [6.45, 7) is 11.0. The zero-order valence-electron chi connectivity index (χ0n) is 18.7. The number of anilines is 2. The molecule has 2 fully saturated rings. The first-order valence-corrected chi connectivity index (χ1v) is 11.6. The van der Waals surface area contributed by atoms with Crippen LogP contribution in [0.2, 0.25) is 0 Å². The fourth-order valence-corrected chi connectivity index (χ4v) is 4.78. The molecule has 2 aliphatic rings. The van der Waals surface area contributed by atoms with Crippen molar-refractivity contribution in [3.05, 3.63) is 61.3 Å². The lowest BCUT2D eigenvalue weighted by molar-refractivity contribution is 0.122. The maximum absolute atomic E-state index is 5.58. The molecule has 2 aromatic carbocycles. The third-order valence-corrected chi connectivity index (χ3v) is 6.67. The van der Waals surface area contributed by atoms with Gasteiger partial charge in [0.25, 0.3) is 0 Å². The van der Waals surface area contributed by atoms with E-state index in [2.05, 4.69) is 68.7 Å². The first kappa shape index (κ1) is 20.1. The minimum atomic E-state index is 0.719. The molecular weight excluding hydrogens is 412 g/mol. The minimum Gasteiger partial charge on any atom is -0.378 e. The van der Waals surface area contributed by atoms with Crippen molar-refractivity contribution in [2.45, 2.75) is 0 Å². The largest absolute Gasteiger partial charge is 0.378 e. The maximum Gasteiger partial charge on any atom is 0.142 e. The second-order valence-corrected chi connectivity index (χ2v) is 8.64. The van der Waals surface area contributed by atoms with Crippen molar-refractivity contribution in [2.75, 3.05) is 62.3 Å². The number of piperazine rings is 1. The third kappa shape index (κ3) is 3.78. The van der Waals surface area contributed by atoms with Crippen LogP contribution in [0.5, 0.6) is 0 Å². The van der Waals surface area contributed by atoms with Crippen molar-refractivity contribution in [2.24, 2.45) is 0 Å². The molecule has 2 aliphatic heterocycles. The summed E-state index contributed by atoms with van der Waals surface area (Å²) < 4.78 is 5.58. The Balaban J connectivity index is 1.39. The lowest BCUT2D eigenvalue weighted by Crippen LogP contribution is -2.43. The van der Waals surface area contributed by atoms with Gasteiger partial charge >= 0.3 is 0 Å². The molecule has 0 atom stereocenters. The SMILES string of the molecule is C=CN1CCN(c2ccc3nc(-c4cc5ccccc5nc4N4CCOCC4)[nH]c3c2)CC1. The summed E-state index contributed by atoms with van der Waals surface area (Å²) in [7, 11) is 0. The van der Waals surface area contributed by atoms with Gasteiger partial charge in [0.1, 0.15) is 11.6 Å². The van der Waals surface area contributed by atoms with Crippen molar-refractivity contribution >= 4 is 33.4 Å². The number of pyridine rings is 1. The summed E-state index contributed by atoms with van der Waals surface area (Å²) in [5.41, 5.74) is 5.29. The van der Waals surface area contributed by atoms with Crippen molar-refractivity contribution in [3.63, 3.8) is 0 Å². The van der Waals surface area contributed by atoms with E-state index < -0.39 is 0 Å². The number of imidazole rings is 1. The van der Waals surface area contributed by atoms with Crippen LogP contribution in [0.15, 0.2) is 61.3 Å². The van der Waals surface area contributed by atoms with Crippen LogP contribution in [0, 0.1) is 0 Å². The molecule has 0 aliphatic carbocycles. The molecule has 6 rings (SSSR count). The number of nitrogens with one attached hydrogen (secondary N) is 1. The van der Waals surface area contributed by atoms with E-state index in [1.165, 1.54) is 5.69 Å². The summed E-state index contributed by atoms with van der Waals surface area (Å²) in [5.74, 6) is 1.83. The highest BCUT2D eigenvalue weighted by Gasteiger charge is 2.21. The zero-order valence-corrected chi connectivity index (χ0v) is 18.7. The topological polar surface area (TPSA) is 60.5 Å². The highest BCUT2D eigenvalue weighted by Crippen LogP contribution is 2.33. The minimum absolute atomic E-state index is 0.719. The van der Waals surface area contributed by atoms with E-state index in [0.29, 0.717) is 0 Å². The lowest BCUT2D eigenvalue weighted by atomic mass is 10.1. The fraction of sp³-hybridized carbons (Fsp3) is 0.308. The van der Waals surface area contributed by atoms with Gasteiger partial charge in [-0.3, -0.25) is 0 Å². The second-order valence-electron chi connectivity index (χ2n) is 8.64. The number of aromatic nitrogens is 3. The molecule has 4 aromatic rings. The van der Waals surface area contributed by atoms with Crippen LogP contribution in [0.1, 0.15) is 0 Å². The van der Waals surface area contributed by atoms with Crippen molar-refractivity contribution < 1.29 is 4.74 Å². The number of ether oxygens (including phenoxy) is 1. The fourth-order valence-electron chi connectivity index (χ4n) is 4.78. The number of hydrogen-bond donors (Lipinski definition) is 1. The molecule has 168 valence electrons.